The number of hydrazine groups is 1. The van der Waals surface area contributed by atoms with Crippen molar-refractivity contribution in [2.45, 2.75) is 13.0 Å². The first-order valence-corrected chi connectivity index (χ1v) is 5.93. The van der Waals surface area contributed by atoms with Crippen LogP contribution < -0.4 is 11.3 Å². The van der Waals surface area contributed by atoms with E-state index in [0.29, 0.717) is 36.2 Å². The summed E-state index contributed by atoms with van der Waals surface area (Å²) in [5, 5.41) is 0.863. The van der Waals surface area contributed by atoms with Crippen LogP contribution in [0.5, 0.6) is 0 Å². The van der Waals surface area contributed by atoms with Crippen LogP contribution in [0.3, 0.4) is 0 Å². The second-order valence-electron chi connectivity index (χ2n) is 4.14. The van der Waals surface area contributed by atoms with Crippen LogP contribution in [0.2, 0.25) is 5.02 Å². The SMILES string of the molecule is NNc1c2c(nc3c(Cl)cc(F)cc13)CCOC2. The van der Waals surface area contributed by atoms with Gasteiger partial charge in [-0.1, -0.05) is 11.6 Å². The standard InChI is InChI=1S/C12H11ClFN3O/c13-9-4-6(14)3-7-11(17-15)8-5-18-2-1-10(8)16-12(7)9/h3-4H,1-2,5,15H2,(H,16,17). The minimum Gasteiger partial charge on any atom is -0.376 e. The van der Waals surface area contributed by atoms with Crippen molar-refractivity contribution in [3.63, 3.8) is 0 Å². The summed E-state index contributed by atoms with van der Waals surface area (Å²) < 4.78 is 18.8. The van der Waals surface area contributed by atoms with E-state index < -0.39 is 5.82 Å². The number of rotatable bonds is 1. The summed E-state index contributed by atoms with van der Waals surface area (Å²) >= 11 is 6.03. The second kappa shape index (κ2) is 4.35. The fraction of sp³-hybridized carbons (Fsp3) is 0.250. The predicted molar refractivity (Wildman–Crippen MR) is 67.9 cm³/mol. The Morgan fingerprint density at radius 2 is 2.28 bits per heavy atom. The molecule has 3 rings (SSSR count). The number of nitrogens with one attached hydrogen (secondary N) is 1. The molecule has 0 radical (unpaired) electrons. The molecule has 3 N–H and O–H groups in total. The molecule has 0 bridgehead atoms. The molecule has 0 saturated heterocycles. The molecule has 0 saturated carbocycles. The average Bonchev–Trinajstić information content (AvgIpc) is 2.36. The minimum atomic E-state index is -0.414. The monoisotopic (exact) mass is 267 g/mol. The van der Waals surface area contributed by atoms with Crippen molar-refractivity contribution in [3.05, 3.63) is 34.2 Å². The summed E-state index contributed by atoms with van der Waals surface area (Å²) in [4.78, 5) is 4.49. The number of hydrogen-bond donors (Lipinski definition) is 2. The summed E-state index contributed by atoms with van der Waals surface area (Å²) in [6.07, 6.45) is 0.702. The smallest absolute Gasteiger partial charge is 0.125 e. The number of nitrogens with two attached hydrogens (primary N) is 1. The fourth-order valence-electron chi connectivity index (χ4n) is 2.25. The maximum Gasteiger partial charge on any atom is 0.125 e. The summed E-state index contributed by atoms with van der Waals surface area (Å²) in [6.45, 7) is 1.04. The van der Waals surface area contributed by atoms with Crippen LogP contribution in [0.25, 0.3) is 10.9 Å². The Hall–Kier alpha value is -1.43. The van der Waals surface area contributed by atoms with E-state index in [-0.39, 0.29) is 5.02 Å². The number of anilines is 1. The number of fused-ring (bicyclic) bond motifs is 2. The first-order valence-electron chi connectivity index (χ1n) is 5.55. The molecule has 0 amide bonds. The van der Waals surface area contributed by atoms with E-state index >= 15 is 0 Å². The van der Waals surface area contributed by atoms with Gasteiger partial charge in [-0.3, -0.25) is 10.8 Å². The van der Waals surface area contributed by atoms with Crippen molar-refractivity contribution >= 4 is 28.2 Å². The predicted octanol–water partition coefficient (Wildman–Crippen LogP) is 2.39. The van der Waals surface area contributed by atoms with E-state index in [1.807, 2.05) is 0 Å². The normalized spacial score (nSPS) is 14.6. The van der Waals surface area contributed by atoms with Crippen LogP contribution in [0.15, 0.2) is 12.1 Å². The molecule has 1 aromatic carbocycles. The van der Waals surface area contributed by atoms with Crippen molar-refractivity contribution in [1.29, 1.82) is 0 Å². The molecule has 0 fully saturated rings. The van der Waals surface area contributed by atoms with Gasteiger partial charge in [0, 0.05) is 17.4 Å². The van der Waals surface area contributed by atoms with Crippen molar-refractivity contribution in [3.8, 4) is 0 Å². The molecular weight excluding hydrogens is 257 g/mol. The van der Waals surface area contributed by atoms with E-state index in [0.717, 1.165) is 11.3 Å². The zero-order valence-corrected chi connectivity index (χ0v) is 10.2. The van der Waals surface area contributed by atoms with Gasteiger partial charge in [0.25, 0.3) is 0 Å². The summed E-state index contributed by atoms with van der Waals surface area (Å²) in [7, 11) is 0. The Labute approximate surface area is 108 Å². The van der Waals surface area contributed by atoms with Crippen LogP contribution in [-0.2, 0) is 17.8 Å². The molecule has 0 unspecified atom stereocenters. The van der Waals surface area contributed by atoms with Crippen LogP contribution in [-0.4, -0.2) is 11.6 Å². The van der Waals surface area contributed by atoms with Crippen molar-refractivity contribution in [1.82, 2.24) is 4.98 Å². The number of ether oxygens (including phenoxy) is 1. The van der Waals surface area contributed by atoms with Crippen LogP contribution in [0, 0.1) is 5.82 Å². The lowest BCUT2D eigenvalue weighted by atomic mass is 10.0. The quantitative estimate of drug-likeness (QED) is 0.615. The molecule has 0 aliphatic carbocycles. The summed E-state index contributed by atoms with van der Waals surface area (Å²) in [5.74, 6) is 5.13. The van der Waals surface area contributed by atoms with Crippen LogP contribution >= 0.6 is 11.6 Å². The number of halogens is 2. The third-order valence-corrected chi connectivity index (χ3v) is 3.36. The minimum absolute atomic E-state index is 0.288. The molecule has 1 aliphatic rings. The lowest BCUT2D eigenvalue weighted by Gasteiger charge is -2.20. The number of nitrogens with zero attached hydrogens (tertiary/aromatic N) is 1. The van der Waals surface area contributed by atoms with Gasteiger partial charge in [0.05, 0.1) is 35.1 Å². The second-order valence-corrected chi connectivity index (χ2v) is 4.55. The number of benzene rings is 1. The first kappa shape index (κ1) is 11.6. The van der Waals surface area contributed by atoms with Gasteiger partial charge in [-0.05, 0) is 12.1 Å². The van der Waals surface area contributed by atoms with E-state index in [1.165, 1.54) is 12.1 Å². The highest BCUT2D eigenvalue weighted by Crippen LogP contribution is 2.34. The van der Waals surface area contributed by atoms with E-state index in [4.69, 9.17) is 22.2 Å². The highest BCUT2D eigenvalue weighted by Gasteiger charge is 2.19. The zero-order valence-electron chi connectivity index (χ0n) is 9.46. The third-order valence-electron chi connectivity index (χ3n) is 3.07. The Morgan fingerprint density at radius 3 is 3.06 bits per heavy atom. The zero-order chi connectivity index (χ0) is 12.7. The van der Waals surface area contributed by atoms with Gasteiger partial charge in [0.2, 0.25) is 0 Å². The van der Waals surface area contributed by atoms with Gasteiger partial charge in [-0.2, -0.15) is 0 Å². The number of nitrogen functional groups attached to an aromatic ring is 1. The molecule has 18 heavy (non-hydrogen) atoms. The Morgan fingerprint density at radius 1 is 1.44 bits per heavy atom. The highest BCUT2D eigenvalue weighted by molar-refractivity contribution is 6.35. The summed E-state index contributed by atoms with van der Waals surface area (Å²) in [6, 6.07) is 2.63. The maximum atomic E-state index is 13.4. The van der Waals surface area contributed by atoms with Gasteiger partial charge in [0.1, 0.15) is 5.82 Å². The van der Waals surface area contributed by atoms with Gasteiger partial charge in [-0.25, -0.2) is 4.39 Å². The maximum absolute atomic E-state index is 13.4. The molecular formula is C12H11ClFN3O. The Bertz CT molecular complexity index is 632. The van der Waals surface area contributed by atoms with Crippen molar-refractivity contribution in [2.24, 2.45) is 5.84 Å². The Kier molecular flexibility index (Phi) is 2.81. The highest BCUT2D eigenvalue weighted by atomic mass is 35.5. The summed E-state index contributed by atoms with van der Waals surface area (Å²) in [5.41, 5.74) is 5.58. The topological polar surface area (TPSA) is 60.2 Å². The lowest BCUT2D eigenvalue weighted by Crippen LogP contribution is -2.18. The Balaban J connectivity index is 2.40. The first-order chi connectivity index (χ1) is 8.70. The third kappa shape index (κ3) is 1.71. The molecule has 1 aromatic heterocycles. The molecule has 0 atom stereocenters. The number of pyridine rings is 1. The largest absolute Gasteiger partial charge is 0.376 e. The molecule has 6 heteroatoms. The van der Waals surface area contributed by atoms with E-state index in [9.17, 15) is 4.39 Å². The lowest BCUT2D eigenvalue weighted by molar-refractivity contribution is 0.110. The van der Waals surface area contributed by atoms with Gasteiger partial charge in [0.15, 0.2) is 0 Å². The molecule has 0 spiro atoms. The molecule has 94 valence electrons. The van der Waals surface area contributed by atoms with Crippen LogP contribution in [0.4, 0.5) is 10.1 Å². The number of hydrogen-bond acceptors (Lipinski definition) is 4. The van der Waals surface area contributed by atoms with E-state index in [1.54, 1.807) is 0 Å². The van der Waals surface area contributed by atoms with Crippen molar-refractivity contribution < 1.29 is 9.13 Å². The number of aromatic nitrogens is 1. The molecule has 4 nitrogen and oxygen atoms in total. The van der Waals surface area contributed by atoms with E-state index in [2.05, 4.69) is 10.4 Å². The molecule has 2 heterocycles. The molecule has 1 aliphatic heterocycles. The average molecular weight is 268 g/mol. The molecule has 2 aromatic rings. The van der Waals surface area contributed by atoms with Gasteiger partial charge < -0.3 is 10.2 Å². The van der Waals surface area contributed by atoms with Gasteiger partial charge >= 0.3 is 0 Å². The van der Waals surface area contributed by atoms with Crippen molar-refractivity contribution in [2.75, 3.05) is 12.0 Å². The fourth-order valence-corrected chi connectivity index (χ4v) is 2.50. The van der Waals surface area contributed by atoms with Crippen LogP contribution in [0.1, 0.15) is 11.3 Å². The van der Waals surface area contributed by atoms with Gasteiger partial charge in [-0.15, -0.1) is 0 Å².